The van der Waals surface area contributed by atoms with Crippen molar-refractivity contribution in [2.75, 3.05) is 6.54 Å². The van der Waals surface area contributed by atoms with E-state index in [1.807, 2.05) is 19.9 Å². The van der Waals surface area contributed by atoms with E-state index in [0.717, 1.165) is 40.6 Å². The van der Waals surface area contributed by atoms with E-state index in [2.05, 4.69) is 11.8 Å². The Morgan fingerprint density at radius 3 is 2.62 bits per heavy atom. The summed E-state index contributed by atoms with van der Waals surface area (Å²) < 4.78 is 0. The van der Waals surface area contributed by atoms with Gasteiger partial charge in [-0.3, -0.25) is 9.59 Å². The van der Waals surface area contributed by atoms with Gasteiger partial charge in [-0.1, -0.05) is 19.8 Å². The molecule has 2 heterocycles. The maximum Gasteiger partial charge on any atom is 0.223 e. The number of amides is 1. The number of nitrogens with zero attached hydrogens (tertiary/aromatic N) is 1. The van der Waals surface area contributed by atoms with Gasteiger partial charge in [0.25, 0.3) is 0 Å². The Balaban J connectivity index is 1.60. The second kappa shape index (κ2) is 7.38. The van der Waals surface area contributed by atoms with Crippen molar-refractivity contribution in [1.82, 2.24) is 4.90 Å². The molecule has 0 N–H and O–H groups in total. The summed E-state index contributed by atoms with van der Waals surface area (Å²) in [5.41, 5.74) is 0.813. The average Bonchev–Trinajstić information content (AvgIpc) is 2.91. The summed E-state index contributed by atoms with van der Waals surface area (Å²) >= 11 is 1.66. The van der Waals surface area contributed by atoms with Crippen molar-refractivity contribution in [1.29, 1.82) is 0 Å². The number of piperidine rings is 1. The van der Waals surface area contributed by atoms with Gasteiger partial charge >= 0.3 is 0 Å². The Hall–Kier alpha value is -1.16. The van der Waals surface area contributed by atoms with Gasteiger partial charge in [-0.05, 0) is 51.0 Å². The second-order valence-corrected chi connectivity index (χ2v) is 9.08. The quantitative estimate of drug-likeness (QED) is 0.737. The number of hydrogen-bond donors (Lipinski definition) is 0. The lowest BCUT2D eigenvalue weighted by atomic mass is 9.72. The lowest BCUT2D eigenvalue weighted by Crippen LogP contribution is -2.52. The van der Waals surface area contributed by atoms with Crippen LogP contribution in [0.25, 0.3) is 0 Å². The summed E-state index contributed by atoms with van der Waals surface area (Å²) in [6.07, 6.45) is 6.79. The third-order valence-electron chi connectivity index (χ3n) is 5.97. The molecule has 24 heavy (non-hydrogen) atoms. The fourth-order valence-electron chi connectivity index (χ4n) is 4.63. The van der Waals surface area contributed by atoms with Crippen LogP contribution in [0, 0.1) is 25.7 Å². The van der Waals surface area contributed by atoms with E-state index in [-0.39, 0.29) is 11.7 Å². The molecule has 0 spiro atoms. The number of hydrogen-bond acceptors (Lipinski definition) is 3. The van der Waals surface area contributed by atoms with E-state index in [0.29, 0.717) is 24.8 Å². The number of carbonyl (C=O) groups is 2. The fourth-order valence-corrected chi connectivity index (χ4v) is 5.57. The van der Waals surface area contributed by atoms with Crippen LogP contribution in [0.1, 0.15) is 72.0 Å². The minimum atomic E-state index is 0.121. The molecule has 1 aromatic rings. The maximum atomic E-state index is 12.8. The Morgan fingerprint density at radius 1 is 1.17 bits per heavy atom. The molecule has 132 valence electrons. The third-order valence-corrected chi connectivity index (χ3v) is 6.93. The average molecular weight is 348 g/mol. The lowest BCUT2D eigenvalue weighted by molar-refractivity contribution is -0.139. The summed E-state index contributed by atoms with van der Waals surface area (Å²) in [5.74, 6) is 1.72. The molecule has 4 heteroatoms. The molecule has 1 aromatic heterocycles. The highest BCUT2D eigenvalue weighted by molar-refractivity contribution is 7.12. The topological polar surface area (TPSA) is 37.4 Å². The van der Waals surface area contributed by atoms with Crippen LogP contribution in [-0.2, 0) is 4.79 Å². The molecule has 0 aromatic carbocycles. The Labute approximate surface area is 149 Å². The fraction of sp³-hybridized carbons (Fsp3) is 0.700. The minimum Gasteiger partial charge on any atom is -0.339 e. The molecule has 3 atom stereocenters. The molecular formula is C20H29NO2S. The summed E-state index contributed by atoms with van der Waals surface area (Å²) in [6, 6.07) is 2.39. The third kappa shape index (κ3) is 3.58. The number of likely N-dealkylation sites (tertiary alicyclic amines) is 1. The summed E-state index contributed by atoms with van der Waals surface area (Å²) in [4.78, 5) is 29.5. The first-order chi connectivity index (χ1) is 11.5. The highest BCUT2D eigenvalue weighted by Crippen LogP contribution is 2.39. The van der Waals surface area contributed by atoms with Gasteiger partial charge in [0.15, 0.2) is 5.78 Å². The van der Waals surface area contributed by atoms with E-state index in [1.165, 1.54) is 19.3 Å². The highest BCUT2D eigenvalue weighted by atomic mass is 32.1. The standard InChI is InChI=1S/C20H29NO2S/c1-13-10-11-21(18-7-5-4-6-16(13)18)20(23)9-8-19(22)17-12-14(2)24-15(17)3/h12-13,16,18H,4-11H2,1-3H3/t13-,16-,18-/m0/s1. The molecule has 2 aliphatic rings. The lowest BCUT2D eigenvalue weighted by Gasteiger charge is -2.47. The maximum absolute atomic E-state index is 12.8. The first-order valence-electron chi connectivity index (χ1n) is 9.37. The number of fused-ring (bicyclic) bond motifs is 1. The first kappa shape index (κ1) is 17.7. The second-order valence-electron chi connectivity index (χ2n) is 7.62. The molecule has 0 bridgehead atoms. The Kier molecular flexibility index (Phi) is 5.43. The monoisotopic (exact) mass is 347 g/mol. The number of rotatable bonds is 4. The molecule has 0 radical (unpaired) electrons. The number of aryl methyl sites for hydroxylation is 2. The molecule has 1 aliphatic heterocycles. The molecule has 3 rings (SSSR count). The van der Waals surface area contributed by atoms with Crippen molar-refractivity contribution in [3.05, 3.63) is 21.4 Å². The van der Waals surface area contributed by atoms with Crippen molar-refractivity contribution < 1.29 is 9.59 Å². The van der Waals surface area contributed by atoms with Crippen molar-refractivity contribution in [2.24, 2.45) is 11.8 Å². The molecule has 1 amide bonds. The zero-order chi connectivity index (χ0) is 17.3. The predicted octanol–water partition coefficient (Wildman–Crippen LogP) is 4.76. The van der Waals surface area contributed by atoms with Gasteiger partial charge in [-0.2, -0.15) is 0 Å². The minimum absolute atomic E-state index is 0.121. The van der Waals surface area contributed by atoms with E-state index in [1.54, 1.807) is 11.3 Å². The van der Waals surface area contributed by atoms with Crippen LogP contribution in [0.2, 0.25) is 0 Å². The van der Waals surface area contributed by atoms with Gasteiger partial charge in [0, 0.05) is 40.7 Å². The van der Waals surface area contributed by atoms with Crippen LogP contribution >= 0.6 is 11.3 Å². The summed E-state index contributed by atoms with van der Waals surface area (Å²) in [7, 11) is 0. The van der Waals surface area contributed by atoms with Crippen LogP contribution in [0.15, 0.2) is 6.07 Å². The number of ketones is 1. The van der Waals surface area contributed by atoms with Gasteiger partial charge < -0.3 is 4.90 Å². The van der Waals surface area contributed by atoms with Crippen molar-refractivity contribution in [3.8, 4) is 0 Å². The zero-order valence-electron chi connectivity index (χ0n) is 15.1. The van der Waals surface area contributed by atoms with Gasteiger partial charge in [0.1, 0.15) is 0 Å². The SMILES string of the molecule is Cc1cc(C(=O)CCC(=O)N2CC[C@H](C)[C@@H]3CCCC[C@@H]32)c(C)s1. The largest absolute Gasteiger partial charge is 0.339 e. The molecule has 2 fully saturated rings. The predicted molar refractivity (Wildman–Crippen MR) is 98.6 cm³/mol. The molecule has 1 saturated carbocycles. The van der Waals surface area contributed by atoms with E-state index >= 15 is 0 Å². The molecule has 1 saturated heterocycles. The highest BCUT2D eigenvalue weighted by Gasteiger charge is 2.39. The van der Waals surface area contributed by atoms with Crippen molar-refractivity contribution in [3.63, 3.8) is 0 Å². The van der Waals surface area contributed by atoms with Gasteiger partial charge in [0.05, 0.1) is 0 Å². The molecule has 1 aliphatic carbocycles. The Bertz CT molecular complexity index is 621. The Morgan fingerprint density at radius 2 is 1.92 bits per heavy atom. The van der Waals surface area contributed by atoms with Crippen LogP contribution in [0.4, 0.5) is 0 Å². The molecule has 0 unspecified atom stereocenters. The van der Waals surface area contributed by atoms with Gasteiger partial charge in [-0.25, -0.2) is 0 Å². The molecule has 3 nitrogen and oxygen atoms in total. The normalized spacial score (nSPS) is 27.0. The van der Waals surface area contributed by atoms with Crippen molar-refractivity contribution >= 4 is 23.0 Å². The zero-order valence-corrected chi connectivity index (χ0v) is 16.0. The number of thiophene rings is 1. The van der Waals surface area contributed by atoms with E-state index in [9.17, 15) is 9.59 Å². The van der Waals surface area contributed by atoms with Crippen LogP contribution in [0.5, 0.6) is 0 Å². The number of Topliss-reactive ketones (excluding diaryl/α,β-unsaturated/α-hetero) is 1. The summed E-state index contributed by atoms with van der Waals surface area (Å²) in [5, 5.41) is 0. The first-order valence-corrected chi connectivity index (χ1v) is 10.2. The summed E-state index contributed by atoms with van der Waals surface area (Å²) in [6.45, 7) is 7.24. The van der Waals surface area contributed by atoms with Gasteiger partial charge in [-0.15, -0.1) is 11.3 Å². The van der Waals surface area contributed by atoms with E-state index in [4.69, 9.17) is 0 Å². The molecular weight excluding hydrogens is 318 g/mol. The van der Waals surface area contributed by atoms with Crippen LogP contribution in [0.3, 0.4) is 0 Å². The van der Waals surface area contributed by atoms with Crippen LogP contribution in [-0.4, -0.2) is 29.2 Å². The van der Waals surface area contributed by atoms with Gasteiger partial charge in [0.2, 0.25) is 5.91 Å². The number of carbonyl (C=O) groups excluding carboxylic acids is 2. The van der Waals surface area contributed by atoms with Crippen molar-refractivity contribution in [2.45, 2.75) is 71.8 Å². The van der Waals surface area contributed by atoms with Crippen LogP contribution < -0.4 is 0 Å². The van der Waals surface area contributed by atoms with E-state index < -0.39 is 0 Å². The smallest absolute Gasteiger partial charge is 0.223 e.